The summed E-state index contributed by atoms with van der Waals surface area (Å²) in [6.07, 6.45) is 3.27. The molecule has 0 aromatic rings. The molecule has 1 unspecified atom stereocenters. The summed E-state index contributed by atoms with van der Waals surface area (Å²) in [5, 5.41) is 11.6. The highest BCUT2D eigenvalue weighted by Crippen LogP contribution is 1.96. The van der Waals surface area contributed by atoms with Crippen LogP contribution >= 0.6 is 0 Å². The topological polar surface area (TPSA) is 32.3 Å². The second-order valence-electron chi connectivity index (χ2n) is 1.79. The number of nitrogens with one attached hydrogen (secondary N) is 1. The Morgan fingerprint density at radius 2 is 2.29 bits per heavy atom. The van der Waals surface area contributed by atoms with Gasteiger partial charge in [-0.2, -0.15) is 0 Å². The molecule has 1 aliphatic rings. The molecule has 0 aromatic heterocycles. The van der Waals surface area contributed by atoms with Crippen LogP contribution in [0.5, 0.6) is 0 Å². The van der Waals surface area contributed by atoms with E-state index in [2.05, 4.69) is 5.32 Å². The number of hydrogen-bond acceptors (Lipinski definition) is 2. The smallest absolute Gasteiger partial charge is 0.124 e. The molecule has 1 rings (SSSR count). The SMILES string of the molecule is C[C@H]1C=CC(O)N1. The maximum Gasteiger partial charge on any atom is 0.124 e. The van der Waals surface area contributed by atoms with Gasteiger partial charge in [0.05, 0.1) is 0 Å². The van der Waals surface area contributed by atoms with Crippen LogP contribution < -0.4 is 5.32 Å². The molecule has 1 aliphatic heterocycles. The van der Waals surface area contributed by atoms with Crippen molar-refractivity contribution < 1.29 is 5.11 Å². The first-order chi connectivity index (χ1) is 3.29. The molecule has 2 atom stereocenters. The highest BCUT2D eigenvalue weighted by Gasteiger charge is 2.07. The van der Waals surface area contributed by atoms with Gasteiger partial charge in [0, 0.05) is 6.04 Å². The Bertz CT molecular complexity index is 80.1. The minimum atomic E-state index is -0.407. The van der Waals surface area contributed by atoms with Crippen molar-refractivity contribution in [1.29, 1.82) is 0 Å². The first-order valence-corrected chi connectivity index (χ1v) is 2.41. The van der Waals surface area contributed by atoms with Crippen molar-refractivity contribution in [2.75, 3.05) is 0 Å². The fourth-order valence-electron chi connectivity index (χ4n) is 0.652. The summed E-state index contributed by atoms with van der Waals surface area (Å²) in [5.41, 5.74) is 0. The Balaban J connectivity index is 2.42. The molecule has 0 saturated heterocycles. The van der Waals surface area contributed by atoms with E-state index in [4.69, 9.17) is 5.11 Å². The van der Waals surface area contributed by atoms with E-state index in [1.165, 1.54) is 0 Å². The van der Waals surface area contributed by atoms with Crippen LogP contribution in [0.3, 0.4) is 0 Å². The first kappa shape index (κ1) is 4.81. The van der Waals surface area contributed by atoms with Crippen LogP contribution in [0, 0.1) is 0 Å². The van der Waals surface area contributed by atoms with Crippen LogP contribution in [0.1, 0.15) is 6.92 Å². The third kappa shape index (κ3) is 1.01. The fourth-order valence-corrected chi connectivity index (χ4v) is 0.652. The molecule has 0 fully saturated rings. The van der Waals surface area contributed by atoms with Crippen molar-refractivity contribution in [2.24, 2.45) is 0 Å². The minimum Gasteiger partial charge on any atom is -0.375 e. The Kier molecular flexibility index (Phi) is 1.13. The first-order valence-electron chi connectivity index (χ1n) is 2.41. The summed E-state index contributed by atoms with van der Waals surface area (Å²) < 4.78 is 0. The van der Waals surface area contributed by atoms with Gasteiger partial charge >= 0.3 is 0 Å². The third-order valence-corrected chi connectivity index (χ3v) is 1.02. The van der Waals surface area contributed by atoms with E-state index in [1.807, 2.05) is 13.0 Å². The van der Waals surface area contributed by atoms with Gasteiger partial charge in [-0.05, 0) is 13.0 Å². The largest absolute Gasteiger partial charge is 0.375 e. The average Bonchev–Trinajstić information content (AvgIpc) is 1.87. The molecule has 2 nitrogen and oxygen atoms in total. The molecular formula is C5H9NO. The van der Waals surface area contributed by atoms with E-state index in [0.717, 1.165) is 0 Å². The lowest BCUT2D eigenvalue weighted by atomic mass is 10.4. The zero-order valence-electron chi connectivity index (χ0n) is 4.26. The monoisotopic (exact) mass is 99.1 g/mol. The van der Waals surface area contributed by atoms with Gasteiger partial charge in [0.2, 0.25) is 0 Å². The van der Waals surface area contributed by atoms with Gasteiger partial charge in [0.15, 0.2) is 0 Å². The Morgan fingerprint density at radius 3 is 2.43 bits per heavy atom. The number of aliphatic hydroxyl groups excluding tert-OH is 1. The van der Waals surface area contributed by atoms with Crippen LogP contribution in [0.2, 0.25) is 0 Å². The summed E-state index contributed by atoms with van der Waals surface area (Å²) in [5.74, 6) is 0. The lowest BCUT2D eigenvalue weighted by molar-refractivity contribution is 0.190. The van der Waals surface area contributed by atoms with Gasteiger partial charge in [0.25, 0.3) is 0 Å². The van der Waals surface area contributed by atoms with Crippen LogP contribution in [0.25, 0.3) is 0 Å². The standard InChI is InChI=1S/C5H9NO/c1-4-2-3-5(7)6-4/h2-7H,1H3/t4-,5?/m0/s1. The lowest BCUT2D eigenvalue weighted by Crippen LogP contribution is -2.27. The number of aliphatic hydroxyl groups is 1. The van der Waals surface area contributed by atoms with Crippen molar-refractivity contribution in [1.82, 2.24) is 5.32 Å². The molecule has 0 bridgehead atoms. The van der Waals surface area contributed by atoms with Crippen molar-refractivity contribution in [3.63, 3.8) is 0 Å². The Hall–Kier alpha value is -0.340. The third-order valence-electron chi connectivity index (χ3n) is 1.02. The van der Waals surface area contributed by atoms with Crippen LogP contribution in [0.15, 0.2) is 12.2 Å². The predicted octanol–water partition coefficient (Wildman–Crippen LogP) is -0.147. The maximum absolute atomic E-state index is 8.70. The van der Waals surface area contributed by atoms with Gasteiger partial charge in [0.1, 0.15) is 6.23 Å². The van der Waals surface area contributed by atoms with Gasteiger partial charge < -0.3 is 5.11 Å². The molecule has 2 N–H and O–H groups in total. The quantitative estimate of drug-likeness (QED) is 0.414. The second kappa shape index (κ2) is 1.64. The van der Waals surface area contributed by atoms with E-state index in [1.54, 1.807) is 6.08 Å². The van der Waals surface area contributed by atoms with E-state index in [-0.39, 0.29) is 0 Å². The zero-order chi connectivity index (χ0) is 5.28. The van der Waals surface area contributed by atoms with E-state index in [9.17, 15) is 0 Å². The highest BCUT2D eigenvalue weighted by atomic mass is 16.3. The van der Waals surface area contributed by atoms with Crippen LogP contribution in [0.4, 0.5) is 0 Å². The summed E-state index contributed by atoms with van der Waals surface area (Å²) in [6, 6.07) is 0.343. The van der Waals surface area contributed by atoms with Gasteiger partial charge in [-0.3, -0.25) is 5.32 Å². The molecule has 0 aromatic carbocycles. The van der Waals surface area contributed by atoms with E-state index < -0.39 is 6.23 Å². The predicted molar refractivity (Wildman–Crippen MR) is 27.7 cm³/mol. The van der Waals surface area contributed by atoms with Crippen molar-refractivity contribution in [3.8, 4) is 0 Å². The summed E-state index contributed by atoms with van der Waals surface area (Å²) >= 11 is 0. The van der Waals surface area contributed by atoms with E-state index >= 15 is 0 Å². The molecule has 0 spiro atoms. The van der Waals surface area contributed by atoms with Crippen molar-refractivity contribution >= 4 is 0 Å². The molecule has 0 aliphatic carbocycles. The van der Waals surface area contributed by atoms with Crippen LogP contribution in [-0.4, -0.2) is 17.4 Å². The fraction of sp³-hybridized carbons (Fsp3) is 0.600. The van der Waals surface area contributed by atoms with Crippen molar-refractivity contribution in [3.05, 3.63) is 12.2 Å². The molecule has 40 valence electrons. The molecule has 2 heteroatoms. The molecule has 1 heterocycles. The Labute approximate surface area is 42.8 Å². The van der Waals surface area contributed by atoms with Crippen LogP contribution in [-0.2, 0) is 0 Å². The summed E-state index contributed by atoms with van der Waals surface area (Å²) in [6.45, 7) is 1.99. The highest BCUT2D eigenvalue weighted by molar-refractivity contribution is 5.02. The normalized spacial score (nSPS) is 39.7. The molecule has 0 radical (unpaired) electrons. The number of hydrogen-bond donors (Lipinski definition) is 2. The summed E-state index contributed by atoms with van der Waals surface area (Å²) in [4.78, 5) is 0. The number of rotatable bonds is 0. The molecule has 0 amide bonds. The minimum absolute atomic E-state index is 0.343. The van der Waals surface area contributed by atoms with Gasteiger partial charge in [-0.15, -0.1) is 0 Å². The molecule has 7 heavy (non-hydrogen) atoms. The molecular weight excluding hydrogens is 90.1 g/mol. The van der Waals surface area contributed by atoms with Gasteiger partial charge in [-0.25, -0.2) is 0 Å². The lowest BCUT2D eigenvalue weighted by Gasteiger charge is -2.01. The van der Waals surface area contributed by atoms with Gasteiger partial charge in [-0.1, -0.05) is 6.08 Å². The van der Waals surface area contributed by atoms with Crippen molar-refractivity contribution in [2.45, 2.75) is 19.2 Å². The average molecular weight is 99.1 g/mol. The zero-order valence-corrected chi connectivity index (χ0v) is 4.26. The molecule has 0 saturated carbocycles. The second-order valence-corrected chi connectivity index (χ2v) is 1.79. The summed E-state index contributed by atoms with van der Waals surface area (Å²) in [7, 11) is 0. The van der Waals surface area contributed by atoms with E-state index in [0.29, 0.717) is 6.04 Å². The maximum atomic E-state index is 8.70. The Morgan fingerprint density at radius 1 is 1.57 bits per heavy atom.